The van der Waals surface area contributed by atoms with Crippen LogP contribution in [-0.4, -0.2) is 30.6 Å². The van der Waals surface area contributed by atoms with Crippen molar-refractivity contribution in [3.8, 4) is 0 Å². The SMILES string of the molecule is NCCc1cccc(C2CCN3CCCCCC23)c1. The Kier molecular flexibility index (Phi) is 4.19. The second kappa shape index (κ2) is 6.06. The van der Waals surface area contributed by atoms with E-state index >= 15 is 0 Å². The average molecular weight is 258 g/mol. The zero-order valence-corrected chi connectivity index (χ0v) is 11.9. The molecule has 0 amide bonds. The predicted molar refractivity (Wildman–Crippen MR) is 80.4 cm³/mol. The number of nitrogens with two attached hydrogens (primary N) is 1. The molecule has 3 rings (SSSR count). The van der Waals surface area contributed by atoms with E-state index < -0.39 is 0 Å². The van der Waals surface area contributed by atoms with Crippen molar-refractivity contribution >= 4 is 0 Å². The molecule has 0 radical (unpaired) electrons. The van der Waals surface area contributed by atoms with Crippen molar-refractivity contribution in [1.82, 2.24) is 4.90 Å². The molecular weight excluding hydrogens is 232 g/mol. The van der Waals surface area contributed by atoms with Crippen LogP contribution in [-0.2, 0) is 6.42 Å². The molecule has 2 fully saturated rings. The van der Waals surface area contributed by atoms with Crippen LogP contribution in [0.5, 0.6) is 0 Å². The smallest absolute Gasteiger partial charge is 0.0164 e. The Hall–Kier alpha value is -0.860. The molecule has 2 nitrogen and oxygen atoms in total. The summed E-state index contributed by atoms with van der Waals surface area (Å²) < 4.78 is 0. The van der Waals surface area contributed by atoms with Gasteiger partial charge in [-0.15, -0.1) is 0 Å². The summed E-state index contributed by atoms with van der Waals surface area (Å²) in [5, 5.41) is 0. The van der Waals surface area contributed by atoms with Crippen molar-refractivity contribution in [1.29, 1.82) is 0 Å². The van der Waals surface area contributed by atoms with E-state index in [1.165, 1.54) is 50.8 Å². The molecule has 0 aromatic heterocycles. The van der Waals surface area contributed by atoms with Gasteiger partial charge in [-0.1, -0.05) is 37.1 Å². The normalized spacial score (nSPS) is 28.1. The lowest BCUT2D eigenvalue weighted by Crippen LogP contribution is -2.31. The van der Waals surface area contributed by atoms with E-state index in [9.17, 15) is 0 Å². The summed E-state index contributed by atoms with van der Waals surface area (Å²) in [5.74, 6) is 0.760. The van der Waals surface area contributed by atoms with Crippen LogP contribution in [0, 0.1) is 0 Å². The molecule has 2 heterocycles. The van der Waals surface area contributed by atoms with Crippen LogP contribution >= 0.6 is 0 Å². The summed E-state index contributed by atoms with van der Waals surface area (Å²) in [6, 6.07) is 9.98. The Morgan fingerprint density at radius 3 is 2.95 bits per heavy atom. The number of fused-ring (bicyclic) bond motifs is 1. The summed E-state index contributed by atoms with van der Waals surface area (Å²) in [7, 11) is 0. The lowest BCUT2D eigenvalue weighted by Gasteiger charge is -2.26. The molecule has 1 aromatic rings. The van der Waals surface area contributed by atoms with E-state index in [-0.39, 0.29) is 0 Å². The van der Waals surface area contributed by atoms with Crippen molar-refractivity contribution in [2.45, 2.75) is 50.5 Å². The number of hydrogen-bond donors (Lipinski definition) is 1. The summed E-state index contributed by atoms with van der Waals surface area (Å²) in [4.78, 5) is 2.74. The third-order valence-electron chi connectivity index (χ3n) is 4.92. The lowest BCUT2D eigenvalue weighted by molar-refractivity contribution is 0.250. The van der Waals surface area contributed by atoms with Gasteiger partial charge in [0.2, 0.25) is 0 Å². The van der Waals surface area contributed by atoms with Gasteiger partial charge in [-0.05, 0) is 56.4 Å². The summed E-state index contributed by atoms with van der Waals surface area (Å²) in [6.45, 7) is 3.38. The molecule has 2 saturated heterocycles. The summed E-state index contributed by atoms with van der Waals surface area (Å²) in [6.07, 6.45) is 7.99. The highest BCUT2D eigenvalue weighted by molar-refractivity contribution is 5.29. The minimum atomic E-state index is 0.754. The third-order valence-corrected chi connectivity index (χ3v) is 4.92. The van der Waals surface area contributed by atoms with Gasteiger partial charge in [-0.25, -0.2) is 0 Å². The second-order valence-corrected chi connectivity index (χ2v) is 6.13. The molecule has 2 unspecified atom stereocenters. The Balaban J connectivity index is 1.79. The van der Waals surface area contributed by atoms with Gasteiger partial charge in [0.25, 0.3) is 0 Å². The van der Waals surface area contributed by atoms with Gasteiger partial charge in [-0.2, -0.15) is 0 Å². The maximum absolute atomic E-state index is 5.68. The fraction of sp³-hybridized carbons (Fsp3) is 0.647. The number of benzene rings is 1. The predicted octanol–water partition coefficient (Wildman–Crippen LogP) is 2.92. The van der Waals surface area contributed by atoms with Crippen molar-refractivity contribution in [2.24, 2.45) is 5.73 Å². The van der Waals surface area contributed by atoms with Crippen LogP contribution in [0.15, 0.2) is 24.3 Å². The maximum atomic E-state index is 5.68. The zero-order chi connectivity index (χ0) is 13.1. The molecule has 2 heteroatoms. The monoisotopic (exact) mass is 258 g/mol. The first kappa shape index (κ1) is 13.1. The zero-order valence-electron chi connectivity index (χ0n) is 11.9. The van der Waals surface area contributed by atoms with Gasteiger partial charge in [0, 0.05) is 12.0 Å². The minimum Gasteiger partial charge on any atom is -0.330 e. The van der Waals surface area contributed by atoms with Crippen LogP contribution in [0.25, 0.3) is 0 Å². The second-order valence-electron chi connectivity index (χ2n) is 6.13. The highest BCUT2D eigenvalue weighted by atomic mass is 15.2. The Morgan fingerprint density at radius 1 is 1.11 bits per heavy atom. The van der Waals surface area contributed by atoms with Gasteiger partial charge in [-0.3, -0.25) is 4.90 Å². The topological polar surface area (TPSA) is 29.3 Å². The van der Waals surface area contributed by atoms with E-state index in [0.29, 0.717) is 0 Å². The van der Waals surface area contributed by atoms with Gasteiger partial charge < -0.3 is 5.73 Å². The molecule has 2 N–H and O–H groups in total. The van der Waals surface area contributed by atoms with Crippen molar-refractivity contribution in [2.75, 3.05) is 19.6 Å². The number of hydrogen-bond acceptors (Lipinski definition) is 2. The maximum Gasteiger partial charge on any atom is 0.0164 e. The van der Waals surface area contributed by atoms with Crippen molar-refractivity contribution in [3.63, 3.8) is 0 Å². The lowest BCUT2D eigenvalue weighted by atomic mass is 9.88. The average Bonchev–Trinajstić information content (AvgIpc) is 2.69. The van der Waals surface area contributed by atoms with Crippen LogP contribution in [0.4, 0.5) is 0 Å². The first-order valence-electron chi connectivity index (χ1n) is 7.91. The first-order chi connectivity index (χ1) is 9.38. The van der Waals surface area contributed by atoms with E-state index in [1.54, 1.807) is 5.56 Å². The number of nitrogens with zero attached hydrogens (tertiary/aromatic N) is 1. The minimum absolute atomic E-state index is 0.754. The van der Waals surface area contributed by atoms with Crippen LogP contribution in [0.3, 0.4) is 0 Å². The quantitative estimate of drug-likeness (QED) is 0.903. The van der Waals surface area contributed by atoms with E-state index in [4.69, 9.17) is 5.73 Å². The molecule has 104 valence electrons. The molecule has 2 aliphatic heterocycles. The van der Waals surface area contributed by atoms with Gasteiger partial charge in [0.1, 0.15) is 0 Å². The summed E-state index contributed by atoms with van der Waals surface area (Å²) >= 11 is 0. The molecule has 19 heavy (non-hydrogen) atoms. The molecule has 0 saturated carbocycles. The fourth-order valence-electron chi connectivity index (χ4n) is 3.96. The van der Waals surface area contributed by atoms with E-state index in [1.807, 2.05) is 0 Å². The molecular formula is C17H26N2. The Morgan fingerprint density at radius 2 is 2.05 bits per heavy atom. The van der Waals surface area contributed by atoms with Crippen molar-refractivity contribution in [3.05, 3.63) is 35.4 Å². The fourth-order valence-corrected chi connectivity index (χ4v) is 3.96. The van der Waals surface area contributed by atoms with Crippen LogP contribution in [0.1, 0.15) is 49.1 Å². The molecule has 0 aliphatic carbocycles. The molecule has 2 atom stereocenters. The standard InChI is InChI=1S/C17H26N2/c18-10-8-14-5-4-6-15(13-14)16-9-12-19-11-3-1-2-7-17(16)19/h4-6,13,16-17H,1-3,7-12,18H2. The summed E-state index contributed by atoms with van der Waals surface area (Å²) in [5.41, 5.74) is 8.65. The van der Waals surface area contributed by atoms with Crippen LogP contribution in [0.2, 0.25) is 0 Å². The number of rotatable bonds is 3. The molecule has 0 bridgehead atoms. The molecule has 2 aliphatic rings. The van der Waals surface area contributed by atoms with E-state index in [2.05, 4.69) is 29.2 Å². The highest BCUT2D eigenvalue weighted by Crippen LogP contribution is 2.38. The Labute approximate surface area is 117 Å². The highest BCUT2D eigenvalue weighted by Gasteiger charge is 2.35. The van der Waals surface area contributed by atoms with Gasteiger partial charge in [0.15, 0.2) is 0 Å². The first-order valence-corrected chi connectivity index (χ1v) is 7.91. The van der Waals surface area contributed by atoms with Gasteiger partial charge in [0.05, 0.1) is 0 Å². The molecule has 1 aromatic carbocycles. The molecule has 0 spiro atoms. The van der Waals surface area contributed by atoms with Crippen molar-refractivity contribution < 1.29 is 0 Å². The van der Waals surface area contributed by atoms with Crippen LogP contribution < -0.4 is 5.73 Å². The van der Waals surface area contributed by atoms with E-state index in [0.717, 1.165) is 24.9 Å². The third kappa shape index (κ3) is 2.85. The Bertz CT molecular complexity index is 415. The largest absolute Gasteiger partial charge is 0.330 e. The van der Waals surface area contributed by atoms with Gasteiger partial charge >= 0.3 is 0 Å².